The van der Waals surface area contributed by atoms with Gasteiger partial charge >= 0.3 is 6.09 Å². The fourth-order valence-electron chi connectivity index (χ4n) is 3.54. The van der Waals surface area contributed by atoms with Gasteiger partial charge in [-0.3, -0.25) is 4.31 Å². The summed E-state index contributed by atoms with van der Waals surface area (Å²) in [4.78, 5) is 13.8. The van der Waals surface area contributed by atoms with E-state index >= 15 is 0 Å². The fourth-order valence-corrected chi connectivity index (χ4v) is 5.33. The lowest BCUT2D eigenvalue weighted by Crippen LogP contribution is -2.53. The van der Waals surface area contributed by atoms with Gasteiger partial charge in [0.15, 0.2) is 0 Å². The number of carbonyl (C=O) groups is 1. The average molecular weight is 487 g/mol. The van der Waals surface area contributed by atoms with Crippen LogP contribution in [-0.2, 0) is 14.8 Å². The molecular formula is C22H25ClF2N2O4S. The van der Waals surface area contributed by atoms with Crippen molar-refractivity contribution in [3.8, 4) is 0 Å². The first-order valence-electron chi connectivity index (χ1n) is 10.1. The molecule has 1 saturated heterocycles. The van der Waals surface area contributed by atoms with E-state index in [-0.39, 0.29) is 11.4 Å². The minimum Gasteiger partial charge on any atom is -0.444 e. The van der Waals surface area contributed by atoms with Gasteiger partial charge in [0, 0.05) is 24.2 Å². The van der Waals surface area contributed by atoms with E-state index in [0.29, 0.717) is 24.4 Å². The highest BCUT2D eigenvalue weighted by atomic mass is 35.5. The van der Waals surface area contributed by atoms with Gasteiger partial charge in [0.2, 0.25) is 0 Å². The van der Waals surface area contributed by atoms with E-state index in [9.17, 15) is 22.0 Å². The average Bonchev–Trinajstić information content (AvgIpc) is 2.70. The number of rotatable bonds is 4. The first kappa shape index (κ1) is 24.3. The lowest BCUT2D eigenvalue weighted by Gasteiger charge is -2.40. The third-order valence-corrected chi connectivity index (χ3v) is 7.03. The molecule has 6 nitrogen and oxygen atoms in total. The molecule has 0 aliphatic carbocycles. The molecule has 0 bridgehead atoms. The highest BCUT2D eigenvalue weighted by molar-refractivity contribution is 7.92. The number of carbonyl (C=O) groups excluding carboxylic acids is 1. The van der Waals surface area contributed by atoms with Gasteiger partial charge in [0.1, 0.15) is 17.2 Å². The van der Waals surface area contributed by atoms with Crippen LogP contribution < -0.4 is 4.31 Å². The molecule has 174 valence electrons. The van der Waals surface area contributed by atoms with Crippen molar-refractivity contribution in [2.24, 2.45) is 0 Å². The summed E-state index contributed by atoms with van der Waals surface area (Å²) in [5.41, 5.74) is -1.15. The summed E-state index contributed by atoms with van der Waals surface area (Å²) in [7, 11) is -4.30. The lowest BCUT2D eigenvalue weighted by molar-refractivity contribution is 0.0201. The van der Waals surface area contributed by atoms with Gasteiger partial charge < -0.3 is 9.64 Å². The molecule has 2 aromatic carbocycles. The van der Waals surface area contributed by atoms with Crippen LogP contribution in [0.3, 0.4) is 0 Å². The van der Waals surface area contributed by atoms with Gasteiger partial charge in [0.05, 0.1) is 16.6 Å². The second kappa shape index (κ2) is 9.23. The molecule has 0 aromatic heterocycles. The molecule has 3 rings (SSSR count). The number of likely N-dealkylation sites (tertiary alicyclic amines) is 1. The standard InChI is InChI=1S/C22H25ClF2N2O4S/c1-22(2,3)31-21(28)26-12-4-5-17(14-26)27(20-13-16(24)8-11-19(20)25)32(29,30)18-9-6-15(23)7-10-18/h6-11,13,17H,4-5,12,14H2,1-3H3. The molecule has 2 aromatic rings. The van der Waals surface area contributed by atoms with Gasteiger partial charge in [-0.05, 0) is 70.0 Å². The number of sulfonamides is 1. The number of halogens is 3. The van der Waals surface area contributed by atoms with Crippen molar-refractivity contribution in [2.75, 3.05) is 17.4 Å². The minimum atomic E-state index is -4.30. The summed E-state index contributed by atoms with van der Waals surface area (Å²) in [5.74, 6) is -1.67. The van der Waals surface area contributed by atoms with Crippen LogP contribution in [0.5, 0.6) is 0 Å². The van der Waals surface area contributed by atoms with Crippen molar-refractivity contribution in [1.82, 2.24) is 4.90 Å². The molecule has 1 aliphatic heterocycles. The van der Waals surface area contributed by atoms with Crippen molar-refractivity contribution < 1.29 is 26.7 Å². The first-order valence-corrected chi connectivity index (χ1v) is 11.9. The van der Waals surface area contributed by atoms with Crippen LogP contribution in [0.2, 0.25) is 5.02 Å². The van der Waals surface area contributed by atoms with Crippen molar-refractivity contribution in [3.63, 3.8) is 0 Å². The number of amides is 1. The van der Waals surface area contributed by atoms with E-state index in [1.807, 2.05) is 0 Å². The van der Waals surface area contributed by atoms with Crippen LogP contribution in [-0.4, -0.2) is 44.1 Å². The van der Waals surface area contributed by atoms with Gasteiger partial charge in [-0.15, -0.1) is 0 Å². The minimum absolute atomic E-state index is 0.0301. The second-order valence-corrected chi connectivity index (χ2v) is 10.8. The third kappa shape index (κ3) is 5.50. The lowest BCUT2D eigenvalue weighted by atomic mass is 10.1. The number of ether oxygens (including phenoxy) is 1. The molecule has 1 heterocycles. The van der Waals surface area contributed by atoms with Crippen LogP contribution in [0.4, 0.5) is 19.3 Å². The zero-order valence-electron chi connectivity index (χ0n) is 18.0. The molecule has 1 unspecified atom stereocenters. The molecule has 0 spiro atoms. The summed E-state index contributed by atoms with van der Waals surface area (Å²) < 4.78 is 62.2. The number of anilines is 1. The maximum Gasteiger partial charge on any atom is 0.410 e. The van der Waals surface area contributed by atoms with Gasteiger partial charge in [-0.25, -0.2) is 22.0 Å². The first-order chi connectivity index (χ1) is 14.9. The van der Waals surface area contributed by atoms with Crippen LogP contribution in [0.25, 0.3) is 0 Å². The van der Waals surface area contributed by atoms with Crippen LogP contribution >= 0.6 is 11.6 Å². The quantitative estimate of drug-likeness (QED) is 0.594. The van der Waals surface area contributed by atoms with E-state index in [1.54, 1.807) is 20.8 Å². The number of nitrogens with zero attached hydrogens (tertiary/aromatic N) is 2. The smallest absolute Gasteiger partial charge is 0.410 e. The Morgan fingerprint density at radius 1 is 1.16 bits per heavy atom. The van der Waals surface area contributed by atoms with Gasteiger partial charge in [-0.2, -0.15) is 0 Å². The SMILES string of the molecule is CC(C)(C)OC(=O)N1CCCC(N(c2cc(F)ccc2F)S(=O)(=O)c2ccc(Cl)cc2)C1. The van der Waals surface area contributed by atoms with Crippen molar-refractivity contribution in [2.45, 2.75) is 50.2 Å². The van der Waals surface area contributed by atoms with Gasteiger partial charge in [0.25, 0.3) is 10.0 Å². The molecule has 0 N–H and O–H groups in total. The third-order valence-electron chi connectivity index (χ3n) is 4.90. The molecule has 32 heavy (non-hydrogen) atoms. The molecule has 1 amide bonds. The monoisotopic (exact) mass is 486 g/mol. The summed E-state index contributed by atoms with van der Waals surface area (Å²) >= 11 is 5.88. The normalized spacial score (nSPS) is 17.2. The van der Waals surface area contributed by atoms with Crippen LogP contribution in [0, 0.1) is 11.6 Å². The Kier molecular flexibility index (Phi) is 7.00. The maximum atomic E-state index is 14.8. The van der Waals surface area contributed by atoms with E-state index in [1.165, 1.54) is 29.2 Å². The molecule has 1 fully saturated rings. The van der Waals surface area contributed by atoms with Gasteiger partial charge in [-0.1, -0.05) is 11.6 Å². The second-order valence-electron chi connectivity index (χ2n) is 8.57. The maximum absolute atomic E-state index is 14.8. The topological polar surface area (TPSA) is 66.9 Å². The highest BCUT2D eigenvalue weighted by Gasteiger charge is 2.38. The molecule has 0 saturated carbocycles. The van der Waals surface area contributed by atoms with E-state index in [2.05, 4.69) is 0 Å². The number of benzene rings is 2. The Labute approximate surface area is 191 Å². The molecule has 0 radical (unpaired) electrons. The Morgan fingerprint density at radius 3 is 2.44 bits per heavy atom. The number of hydrogen-bond acceptors (Lipinski definition) is 4. The van der Waals surface area contributed by atoms with Crippen molar-refractivity contribution in [1.29, 1.82) is 0 Å². The van der Waals surface area contributed by atoms with Crippen LogP contribution in [0.15, 0.2) is 47.4 Å². The molecule has 1 atom stereocenters. The predicted octanol–water partition coefficient (Wildman–Crippen LogP) is 5.21. The van der Waals surface area contributed by atoms with E-state index in [4.69, 9.17) is 16.3 Å². The van der Waals surface area contributed by atoms with Crippen molar-refractivity contribution >= 4 is 33.4 Å². The van der Waals surface area contributed by atoms with Crippen molar-refractivity contribution in [3.05, 3.63) is 59.1 Å². The van der Waals surface area contributed by atoms with E-state index < -0.39 is 45.1 Å². The Bertz CT molecular complexity index is 1090. The summed E-state index contributed by atoms with van der Waals surface area (Å²) in [6, 6.07) is 7.23. The zero-order chi connectivity index (χ0) is 23.7. The number of piperidine rings is 1. The Balaban J connectivity index is 2.04. The number of hydrogen-bond donors (Lipinski definition) is 0. The van der Waals surface area contributed by atoms with Crippen LogP contribution in [0.1, 0.15) is 33.6 Å². The Morgan fingerprint density at radius 2 is 1.81 bits per heavy atom. The summed E-state index contributed by atoms with van der Waals surface area (Å²) in [6.45, 7) is 5.52. The Hall–Kier alpha value is -2.39. The summed E-state index contributed by atoms with van der Waals surface area (Å²) in [6.07, 6.45) is 0.223. The molecule has 10 heteroatoms. The fraction of sp³-hybridized carbons (Fsp3) is 0.409. The summed E-state index contributed by atoms with van der Waals surface area (Å²) in [5, 5.41) is 0.334. The zero-order valence-corrected chi connectivity index (χ0v) is 19.6. The van der Waals surface area contributed by atoms with E-state index in [0.717, 1.165) is 22.5 Å². The molecular weight excluding hydrogens is 462 g/mol. The predicted molar refractivity (Wildman–Crippen MR) is 118 cm³/mol. The highest BCUT2D eigenvalue weighted by Crippen LogP contribution is 2.33. The molecule has 1 aliphatic rings. The largest absolute Gasteiger partial charge is 0.444 e.